The van der Waals surface area contributed by atoms with Crippen molar-refractivity contribution in [2.75, 3.05) is 6.61 Å². The fraction of sp³-hybridized carbons (Fsp3) is 0.800. The second-order valence-corrected chi connectivity index (χ2v) is 2.99. The first-order valence-electron chi connectivity index (χ1n) is 2.59. The van der Waals surface area contributed by atoms with Gasteiger partial charge in [-0.25, -0.2) is 0 Å². The summed E-state index contributed by atoms with van der Waals surface area (Å²) < 4.78 is 4.72. The predicted molar refractivity (Wildman–Crippen MR) is 31.6 cm³/mol. The molecule has 2 unspecified atom stereocenters. The maximum absolute atomic E-state index is 10.3. The molecule has 0 aliphatic carbocycles. The van der Waals surface area contributed by atoms with Gasteiger partial charge in [0.15, 0.2) is 4.87 Å². The van der Waals surface area contributed by atoms with E-state index in [1.807, 2.05) is 0 Å². The molecule has 0 radical (unpaired) electrons. The fourth-order valence-electron chi connectivity index (χ4n) is 0.499. The zero-order chi connectivity index (χ0) is 7.07. The summed E-state index contributed by atoms with van der Waals surface area (Å²) >= 11 is 5.54. The van der Waals surface area contributed by atoms with E-state index in [0.717, 1.165) is 0 Å². The van der Waals surface area contributed by atoms with E-state index in [2.05, 4.69) is 0 Å². The quantitative estimate of drug-likeness (QED) is 0.460. The van der Waals surface area contributed by atoms with Crippen LogP contribution in [0.5, 0.6) is 0 Å². The van der Waals surface area contributed by atoms with E-state index in [0.29, 0.717) is 6.61 Å². The third-order valence-corrected chi connectivity index (χ3v) is 1.76. The Balaban J connectivity index is 2.59. The highest BCUT2D eigenvalue weighted by Crippen LogP contribution is 2.30. The molecule has 0 aromatic carbocycles. The van der Waals surface area contributed by atoms with Crippen LogP contribution in [0.4, 0.5) is 0 Å². The Bertz CT molecular complexity index is 139. The van der Waals surface area contributed by atoms with Crippen molar-refractivity contribution in [3.63, 3.8) is 0 Å². The van der Waals surface area contributed by atoms with Gasteiger partial charge in [0.05, 0.1) is 6.61 Å². The number of hydrogen-bond donors (Lipinski definition) is 1. The monoisotopic (exact) mass is 150 g/mol. The largest absolute Gasteiger partial charge is 0.480 e. The van der Waals surface area contributed by atoms with Crippen LogP contribution in [-0.4, -0.2) is 28.7 Å². The Hall–Kier alpha value is -0.280. The van der Waals surface area contributed by atoms with Crippen molar-refractivity contribution in [3.8, 4) is 0 Å². The minimum Gasteiger partial charge on any atom is -0.480 e. The first-order valence-corrected chi connectivity index (χ1v) is 2.97. The molecule has 1 fully saturated rings. The SMILES string of the molecule is CC(Cl)(C(=O)O)C1CO1. The number of alkyl halides is 1. The number of ether oxygens (including phenoxy) is 1. The Kier molecular flexibility index (Phi) is 1.41. The molecule has 4 heteroatoms. The predicted octanol–water partition coefficient (Wildman–Crippen LogP) is 0.467. The van der Waals surface area contributed by atoms with Gasteiger partial charge in [-0.3, -0.25) is 4.79 Å². The summed E-state index contributed by atoms with van der Waals surface area (Å²) in [5.41, 5.74) is 0. The Morgan fingerprint density at radius 2 is 2.44 bits per heavy atom. The lowest BCUT2D eigenvalue weighted by molar-refractivity contribution is -0.140. The molecular formula is C5H7ClO3. The number of halogens is 1. The van der Waals surface area contributed by atoms with Crippen molar-refractivity contribution in [2.24, 2.45) is 0 Å². The zero-order valence-corrected chi connectivity index (χ0v) is 5.68. The molecule has 2 atom stereocenters. The van der Waals surface area contributed by atoms with E-state index in [4.69, 9.17) is 21.4 Å². The van der Waals surface area contributed by atoms with Crippen molar-refractivity contribution in [2.45, 2.75) is 17.9 Å². The van der Waals surface area contributed by atoms with Gasteiger partial charge in [0.25, 0.3) is 0 Å². The van der Waals surface area contributed by atoms with Gasteiger partial charge < -0.3 is 9.84 Å². The van der Waals surface area contributed by atoms with E-state index in [9.17, 15) is 4.79 Å². The summed E-state index contributed by atoms with van der Waals surface area (Å²) in [6.45, 7) is 1.90. The van der Waals surface area contributed by atoms with Crippen LogP contribution in [0, 0.1) is 0 Å². The van der Waals surface area contributed by atoms with E-state index >= 15 is 0 Å². The van der Waals surface area contributed by atoms with Crippen LogP contribution in [0.1, 0.15) is 6.92 Å². The van der Waals surface area contributed by atoms with Crippen LogP contribution >= 0.6 is 11.6 Å². The number of hydrogen-bond acceptors (Lipinski definition) is 2. The molecule has 1 aliphatic rings. The lowest BCUT2D eigenvalue weighted by atomic mass is 10.1. The minimum atomic E-state index is -1.22. The molecule has 0 amide bonds. The summed E-state index contributed by atoms with van der Waals surface area (Å²) in [6.07, 6.45) is -0.295. The first-order chi connectivity index (χ1) is 4.05. The average Bonchev–Trinajstić information content (AvgIpc) is 2.42. The number of carbonyl (C=O) groups is 1. The third-order valence-electron chi connectivity index (χ3n) is 1.36. The molecule has 0 aromatic heterocycles. The molecule has 0 saturated carbocycles. The van der Waals surface area contributed by atoms with Gasteiger partial charge in [-0.15, -0.1) is 11.6 Å². The van der Waals surface area contributed by atoms with Gasteiger partial charge in [-0.2, -0.15) is 0 Å². The lowest BCUT2D eigenvalue weighted by Crippen LogP contribution is -2.34. The summed E-state index contributed by atoms with van der Waals surface area (Å²) in [5.74, 6) is -1.02. The Morgan fingerprint density at radius 3 is 2.56 bits per heavy atom. The van der Waals surface area contributed by atoms with Crippen molar-refractivity contribution >= 4 is 17.6 Å². The van der Waals surface area contributed by atoms with Gasteiger partial charge in [0.1, 0.15) is 6.10 Å². The van der Waals surface area contributed by atoms with E-state index in [-0.39, 0.29) is 6.10 Å². The second-order valence-electron chi connectivity index (χ2n) is 2.20. The highest BCUT2D eigenvalue weighted by atomic mass is 35.5. The van der Waals surface area contributed by atoms with Crippen LogP contribution in [0.15, 0.2) is 0 Å². The topological polar surface area (TPSA) is 49.8 Å². The molecule has 0 aromatic rings. The van der Waals surface area contributed by atoms with Crippen LogP contribution in [0.2, 0.25) is 0 Å². The van der Waals surface area contributed by atoms with Crippen LogP contribution in [0.25, 0.3) is 0 Å². The second kappa shape index (κ2) is 1.85. The van der Waals surface area contributed by atoms with Gasteiger partial charge in [-0.05, 0) is 6.92 Å². The van der Waals surface area contributed by atoms with E-state index in [1.54, 1.807) is 0 Å². The Morgan fingerprint density at radius 1 is 2.00 bits per heavy atom. The normalized spacial score (nSPS) is 31.1. The summed E-state index contributed by atoms with van der Waals surface area (Å²) in [5, 5.41) is 8.44. The molecule has 1 saturated heterocycles. The Labute approximate surface area is 57.6 Å². The molecular weight excluding hydrogens is 144 g/mol. The smallest absolute Gasteiger partial charge is 0.327 e. The molecule has 0 spiro atoms. The highest BCUT2D eigenvalue weighted by Gasteiger charge is 2.47. The van der Waals surface area contributed by atoms with Gasteiger partial charge in [-0.1, -0.05) is 0 Å². The average molecular weight is 151 g/mol. The van der Waals surface area contributed by atoms with Crippen molar-refractivity contribution in [1.29, 1.82) is 0 Å². The summed E-state index contributed by atoms with van der Waals surface area (Å²) in [6, 6.07) is 0. The number of aliphatic carboxylic acids is 1. The van der Waals surface area contributed by atoms with Gasteiger partial charge >= 0.3 is 5.97 Å². The molecule has 1 rings (SSSR count). The maximum Gasteiger partial charge on any atom is 0.327 e. The van der Waals surface area contributed by atoms with Crippen molar-refractivity contribution in [1.82, 2.24) is 0 Å². The van der Waals surface area contributed by atoms with Gasteiger partial charge in [0.2, 0.25) is 0 Å². The summed E-state index contributed by atoms with van der Waals surface area (Å²) in [4.78, 5) is 9.07. The van der Waals surface area contributed by atoms with Gasteiger partial charge in [0, 0.05) is 0 Å². The molecule has 1 heterocycles. The van der Waals surface area contributed by atoms with E-state index in [1.165, 1.54) is 6.92 Å². The van der Waals surface area contributed by atoms with Crippen molar-refractivity contribution in [3.05, 3.63) is 0 Å². The number of carboxylic acids is 1. The van der Waals surface area contributed by atoms with E-state index < -0.39 is 10.8 Å². The van der Waals surface area contributed by atoms with Crippen LogP contribution in [-0.2, 0) is 9.53 Å². The minimum absolute atomic E-state index is 0.295. The van der Waals surface area contributed by atoms with Crippen molar-refractivity contribution < 1.29 is 14.6 Å². The first kappa shape index (κ1) is 6.83. The number of rotatable bonds is 2. The number of carboxylic acid groups (broad SMARTS) is 1. The van der Waals surface area contributed by atoms with Crippen LogP contribution < -0.4 is 0 Å². The standard InChI is InChI=1S/C5H7ClO3/c1-5(6,4(7)8)3-2-9-3/h3H,2H2,1H3,(H,7,8). The third kappa shape index (κ3) is 1.17. The molecule has 1 N–H and O–H groups in total. The molecule has 0 bridgehead atoms. The number of epoxide rings is 1. The summed E-state index contributed by atoms with van der Waals surface area (Å²) in [7, 11) is 0. The lowest BCUT2D eigenvalue weighted by Gasteiger charge is -2.11. The molecule has 9 heavy (non-hydrogen) atoms. The maximum atomic E-state index is 10.3. The molecule has 52 valence electrons. The zero-order valence-electron chi connectivity index (χ0n) is 4.93. The highest BCUT2D eigenvalue weighted by molar-refractivity contribution is 6.34. The molecule has 1 aliphatic heterocycles. The fourth-order valence-corrected chi connectivity index (χ4v) is 0.625. The van der Waals surface area contributed by atoms with Crippen LogP contribution in [0.3, 0.4) is 0 Å². The molecule has 3 nitrogen and oxygen atoms in total.